The fraction of sp³-hybridized carbons (Fsp3) is 0.182. The third kappa shape index (κ3) is 1.50. The van der Waals surface area contributed by atoms with E-state index in [9.17, 15) is 0 Å². The van der Waals surface area contributed by atoms with Crippen LogP contribution >= 0.6 is 0 Å². The number of aryl methyl sites for hydroxylation is 1. The molecular weight excluding hydrogens is 216 g/mol. The molecule has 6 heteroatoms. The van der Waals surface area contributed by atoms with Crippen molar-refractivity contribution >= 4 is 5.78 Å². The highest BCUT2D eigenvalue weighted by Crippen LogP contribution is 2.16. The maximum absolute atomic E-state index is 5.55. The Morgan fingerprint density at radius 2 is 2.24 bits per heavy atom. The molecule has 0 aromatic carbocycles. The summed E-state index contributed by atoms with van der Waals surface area (Å²) in [6.07, 6.45) is 3.58. The SMILES string of the molecule is Cn1c(-c2ccccn2)nn2cc(CN)nc12. The van der Waals surface area contributed by atoms with Gasteiger partial charge in [0.05, 0.1) is 11.9 Å². The molecule has 3 heterocycles. The molecule has 0 amide bonds. The molecule has 3 aromatic rings. The Morgan fingerprint density at radius 3 is 2.88 bits per heavy atom. The number of hydrogen-bond donors (Lipinski definition) is 1. The van der Waals surface area contributed by atoms with Crippen LogP contribution in [0.1, 0.15) is 5.69 Å². The van der Waals surface area contributed by atoms with Crippen LogP contribution in [0.25, 0.3) is 17.3 Å². The molecule has 6 nitrogen and oxygen atoms in total. The summed E-state index contributed by atoms with van der Waals surface area (Å²) in [6.45, 7) is 0.419. The maximum Gasteiger partial charge on any atom is 0.232 e. The molecule has 0 saturated carbocycles. The Bertz CT molecular complexity index is 651. The third-order valence-corrected chi connectivity index (χ3v) is 2.64. The second-order valence-corrected chi connectivity index (χ2v) is 3.78. The van der Waals surface area contributed by atoms with Crippen molar-refractivity contribution in [3.05, 3.63) is 36.3 Å². The van der Waals surface area contributed by atoms with Gasteiger partial charge in [0.25, 0.3) is 0 Å². The second kappa shape index (κ2) is 3.67. The Labute approximate surface area is 97.7 Å². The summed E-state index contributed by atoms with van der Waals surface area (Å²) in [7, 11) is 1.92. The van der Waals surface area contributed by atoms with Gasteiger partial charge in [-0.2, -0.15) is 0 Å². The summed E-state index contributed by atoms with van der Waals surface area (Å²) >= 11 is 0. The first-order chi connectivity index (χ1) is 8.29. The predicted molar refractivity (Wildman–Crippen MR) is 63.1 cm³/mol. The highest BCUT2D eigenvalue weighted by atomic mass is 15.4. The minimum Gasteiger partial charge on any atom is -0.325 e. The lowest BCUT2D eigenvalue weighted by atomic mass is 10.3. The van der Waals surface area contributed by atoms with E-state index < -0.39 is 0 Å². The molecule has 0 fully saturated rings. The highest BCUT2D eigenvalue weighted by Gasteiger charge is 2.12. The summed E-state index contributed by atoms with van der Waals surface area (Å²) in [5, 5.41) is 4.45. The van der Waals surface area contributed by atoms with Crippen LogP contribution in [0.2, 0.25) is 0 Å². The van der Waals surface area contributed by atoms with Crippen LogP contribution in [0, 0.1) is 0 Å². The van der Waals surface area contributed by atoms with Crippen LogP contribution in [0.5, 0.6) is 0 Å². The molecule has 0 spiro atoms. The van der Waals surface area contributed by atoms with Crippen LogP contribution < -0.4 is 5.73 Å². The summed E-state index contributed by atoms with van der Waals surface area (Å²) in [5.74, 6) is 1.56. The summed E-state index contributed by atoms with van der Waals surface area (Å²) in [4.78, 5) is 8.67. The van der Waals surface area contributed by atoms with Gasteiger partial charge in [-0.1, -0.05) is 6.07 Å². The van der Waals surface area contributed by atoms with Crippen LogP contribution in [0.4, 0.5) is 0 Å². The van der Waals surface area contributed by atoms with Crippen molar-refractivity contribution in [1.29, 1.82) is 0 Å². The summed E-state index contributed by atoms with van der Waals surface area (Å²) in [5.41, 5.74) is 7.20. The standard InChI is InChI=1S/C11H12N6/c1-16-10(9-4-2-3-5-13-9)15-17-7-8(6-12)14-11(16)17/h2-5,7H,6,12H2,1H3. The van der Waals surface area contributed by atoms with Gasteiger partial charge in [0.1, 0.15) is 5.69 Å². The fourth-order valence-corrected chi connectivity index (χ4v) is 1.79. The van der Waals surface area contributed by atoms with E-state index in [1.807, 2.05) is 36.0 Å². The van der Waals surface area contributed by atoms with Gasteiger partial charge in [0.15, 0.2) is 5.82 Å². The van der Waals surface area contributed by atoms with Crippen molar-refractivity contribution in [3.8, 4) is 11.5 Å². The lowest BCUT2D eigenvalue weighted by Gasteiger charge is -1.98. The van der Waals surface area contributed by atoms with E-state index >= 15 is 0 Å². The zero-order valence-corrected chi connectivity index (χ0v) is 9.41. The van der Waals surface area contributed by atoms with Crippen LogP contribution in [0.3, 0.4) is 0 Å². The third-order valence-electron chi connectivity index (χ3n) is 2.64. The van der Waals surface area contributed by atoms with Crippen molar-refractivity contribution in [2.75, 3.05) is 0 Å². The van der Waals surface area contributed by atoms with Gasteiger partial charge in [0, 0.05) is 19.8 Å². The van der Waals surface area contributed by atoms with Gasteiger partial charge in [-0.3, -0.25) is 9.55 Å². The van der Waals surface area contributed by atoms with Crippen molar-refractivity contribution < 1.29 is 0 Å². The Morgan fingerprint density at radius 1 is 1.35 bits per heavy atom. The molecule has 86 valence electrons. The molecule has 0 aliphatic heterocycles. The average Bonchev–Trinajstić information content (AvgIpc) is 2.90. The first-order valence-electron chi connectivity index (χ1n) is 5.32. The molecule has 0 aliphatic rings. The zero-order valence-electron chi connectivity index (χ0n) is 9.41. The van der Waals surface area contributed by atoms with Crippen LogP contribution in [-0.4, -0.2) is 24.1 Å². The minimum absolute atomic E-state index is 0.419. The average molecular weight is 228 g/mol. The monoisotopic (exact) mass is 228 g/mol. The number of pyridine rings is 1. The first kappa shape index (κ1) is 9.98. The predicted octanol–water partition coefficient (Wildman–Crippen LogP) is 0.588. The largest absolute Gasteiger partial charge is 0.325 e. The van der Waals surface area contributed by atoms with Gasteiger partial charge in [-0.25, -0.2) is 9.50 Å². The Balaban J connectivity index is 2.19. The molecule has 0 aliphatic carbocycles. The van der Waals surface area contributed by atoms with Crippen LogP contribution in [-0.2, 0) is 13.6 Å². The van der Waals surface area contributed by atoms with Crippen molar-refractivity contribution in [3.63, 3.8) is 0 Å². The molecule has 3 aromatic heterocycles. The normalized spacial score (nSPS) is 11.2. The molecule has 17 heavy (non-hydrogen) atoms. The number of imidazole rings is 1. The smallest absolute Gasteiger partial charge is 0.232 e. The zero-order chi connectivity index (χ0) is 11.8. The highest BCUT2D eigenvalue weighted by molar-refractivity contribution is 5.53. The Hall–Kier alpha value is -2.21. The van der Waals surface area contributed by atoms with Gasteiger partial charge in [-0.05, 0) is 12.1 Å². The van der Waals surface area contributed by atoms with Crippen molar-refractivity contribution in [1.82, 2.24) is 24.1 Å². The van der Waals surface area contributed by atoms with E-state index in [1.54, 1.807) is 10.7 Å². The molecule has 3 rings (SSSR count). The topological polar surface area (TPSA) is 74.0 Å². The fourth-order valence-electron chi connectivity index (χ4n) is 1.79. The molecule has 2 N–H and O–H groups in total. The molecule has 0 saturated heterocycles. The quantitative estimate of drug-likeness (QED) is 0.696. The van der Waals surface area contributed by atoms with Crippen molar-refractivity contribution in [2.24, 2.45) is 12.8 Å². The summed E-state index contributed by atoms with van der Waals surface area (Å²) in [6, 6.07) is 5.74. The summed E-state index contributed by atoms with van der Waals surface area (Å²) < 4.78 is 3.63. The Kier molecular flexibility index (Phi) is 2.15. The second-order valence-electron chi connectivity index (χ2n) is 3.78. The number of fused-ring (bicyclic) bond motifs is 1. The van der Waals surface area contributed by atoms with Gasteiger partial charge in [0.2, 0.25) is 5.78 Å². The molecule has 0 atom stereocenters. The number of hydrogen-bond acceptors (Lipinski definition) is 4. The van der Waals surface area contributed by atoms with Gasteiger partial charge < -0.3 is 5.73 Å². The van der Waals surface area contributed by atoms with Gasteiger partial charge >= 0.3 is 0 Å². The van der Waals surface area contributed by atoms with Crippen LogP contribution in [0.15, 0.2) is 30.6 Å². The van der Waals surface area contributed by atoms with E-state index in [0.29, 0.717) is 6.54 Å². The van der Waals surface area contributed by atoms with E-state index in [0.717, 1.165) is 23.0 Å². The number of nitrogens with zero attached hydrogens (tertiary/aromatic N) is 5. The molecule has 0 radical (unpaired) electrons. The maximum atomic E-state index is 5.55. The first-order valence-corrected chi connectivity index (χ1v) is 5.32. The van der Waals surface area contributed by atoms with Gasteiger partial charge in [-0.15, -0.1) is 5.10 Å². The van der Waals surface area contributed by atoms with E-state index in [1.165, 1.54) is 0 Å². The number of rotatable bonds is 2. The van der Waals surface area contributed by atoms with E-state index in [4.69, 9.17) is 5.73 Å². The minimum atomic E-state index is 0.419. The molecule has 0 bridgehead atoms. The molecule has 0 unspecified atom stereocenters. The molecular formula is C11H12N6. The van der Waals surface area contributed by atoms with E-state index in [-0.39, 0.29) is 0 Å². The lowest BCUT2D eigenvalue weighted by molar-refractivity contribution is 0.917. The lowest BCUT2D eigenvalue weighted by Crippen LogP contribution is -1.98. The van der Waals surface area contributed by atoms with E-state index in [2.05, 4.69) is 15.1 Å². The number of nitrogens with two attached hydrogens (primary N) is 1. The number of aromatic nitrogens is 5. The van der Waals surface area contributed by atoms with Crippen molar-refractivity contribution in [2.45, 2.75) is 6.54 Å².